The van der Waals surface area contributed by atoms with Crippen LogP contribution in [-0.4, -0.2) is 14.7 Å². The molecule has 0 saturated heterocycles. The fourth-order valence-corrected chi connectivity index (χ4v) is 3.78. The molecule has 1 fully saturated rings. The highest BCUT2D eigenvalue weighted by molar-refractivity contribution is 5.80. The molecule has 0 aliphatic heterocycles. The molecular weight excluding hydrogens is 262 g/mol. The first kappa shape index (κ1) is 14.4. The molecule has 114 valence electrons. The van der Waals surface area contributed by atoms with Crippen LogP contribution < -0.4 is 5.73 Å². The van der Waals surface area contributed by atoms with Gasteiger partial charge in [-0.2, -0.15) is 0 Å². The molecule has 0 radical (unpaired) electrons. The number of aliphatic hydroxyl groups is 1. The third-order valence-corrected chi connectivity index (χ3v) is 4.84. The SMILES string of the molecule is CCC1CCCCC1n1c(C(C)O)nc2cc(N)ccc21. The van der Waals surface area contributed by atoms with E-state index in [0.717, 1.165) is 22.5 Å². The highest BCUT2D eigenvalue weighted by atomic mass is 16.3. The number of benzene rings is 1. The van der Waals surface area contributed by atoms with Crippen LogP contribution in [0.3, 0.4) is 0 Å². The maximum absolute atomic E-state index is 10.1. The number of aromatic nitrogens is 2. The maximum Gasteiger partial charge on any atom is 0.138 e. The number of nitrogen functional groups attached to an aromatic ring is 1. The molecule has 1 aliphatic carbocycles. The van der Waals surface area contributed by atoms with Crippen LogP contribution in [0, 0.1) is 5.92 Å². The Balaban J connectivity index is 2.16. The Morgan fingerprint density at radius 3 is 2.86 bits per heavy atom. The molecule has 3 atom stereocenters. The normalized spacial score (nSPS) is 24.3. The standard InChI is InChI=1S/C17H25N3O/c1-3-12-6-4-5-7-15(12)20-16-9-8-13(18)10-14(16)19-17(20)11(2)21/h8-12,15,21H,3-7,18H2,1-2H3. The van der Waals surface area contributed by atoms with E-state index in [-0.39, 0.29) is 0 Å². The predicted octanol–water partition coefficient (Wildman–Crippen LogP) is 3.81. The van der Waals surface area contributed by atoms with Gasteiger partial charge in [0.25, 0.3) is 0 Å². The van der Waals surface area contributed by atoms with Gasteiger partial charge in [-0.15, -0.1) is 0 Å². The van der Waals surface area contributed by atoms with Crippen molar-refractivity contribution in [3.05, 3.63) is 24.0 Å². The quantitative estimate of drug-likeness (QED) is 0.844. The first-order chi connectivity index (χ1) is 10.1. The van der Waals surface area contributed by atoms with E-state index in [2.05, 4.69) is 16.5 Å². The summed E-state index contributed by atoms with van der Waals surface area (Å²) in [5.41, 5.74) is 8.60. The molecule has 1 saturated carbocycles. The van der Waals surface area contributed by atoms with Gasteiger partial charge in [-0.3, -0.25) is 0 Å². The average Bonchev–Trinajstić information content (AvgIpc) is 2.85. The fraction of sp³-hybridized carbons (Fsp3) is 0.588. The van der Waals surface area contributed by atoms with Gasteiger partial charge in [-0.05, 0) is 43.9 Å². The molecular formula is C17H25N3O. The number of imidazole rings is 1. The van der Waals surface area contributed by atoms with Crippen molar-refractivity contribution in [2.75, 3.05) is 5.73 Å². The average molecular weight is 287 g/mol. The third kappa shape index (κ3) is 2.53. The zero-order valence-corrected chi connectivity index (χ0v) is 12.9. The van der Waals surface area contributed by atoms with Gasteiger partial charge in [0.1, 0.15) is 11.9 Å². The molecule has 4 heteroatoms. The Morgan fingerprint density at radius 1 is 1.38 bits per heavy atom. The van der Waals surface area contributed by atoms with Crippen molar-refractivity contribution < 1.29 is 5.11 Å². The number of nitrogens with zero attached hydrogens (tertiary/aromatic N) is 2. The molecule has 1 aromatic heterocycles. The van der Waals surface area contributed by atoms with Crippen LogP contribution in [-0.2, 0) is 0 Å². The smallest absolute Gasteiger partial charge is 0.138 e. The minimum Gasteiger partial charge on any atom is -0.399 e. The monoisotopic (exact) mass is 287 g/mol. The Hall–Kier alpha value is -1.55. The van der Waals surface area contributed by atoms with Crippen molar-refractivity contribution in [1.29, 1.82) is 0 Å². The second-order valence-corrected chi connectivity index (χ2v) is 6.28. The van der Waals surface area contributed by atoms with Crippen LogP contribution in [0.2, 0.25) is 0 Å². The number of fused-ring (bicyclic) bond motifs is 1. The molecule has 3 rings (SSSR count). The van der Waals surface area contributed by atoms with Crippen LogP contribution in [0.1, 0.15) is 63.9 Å². The largest absolute Gasteiger partial charge is 0.399 e. The lowest BCUT2D eigenvalue weighted by Crippen LogP contribution is -2.25. The summed E-state index contributed by atoms with van der Waals surface area (Å²) in [6.07, 6.45) is 5.65. The van der Waals surface area contributed by atoms with Crippen molar-refractivity contribution in [3.63, 3.8) is 0 Å². The molecule has 2 aromatic rings. The minimum absolute atomic E-state index is 0.446. The van der Waals surface area contributed by atoms with Gasteiger partial charge in [-0.1, -0.05) is 26.2 Å². The minimum atomic E-state index is -0.557. The summed E-state index contributed by atoms with van der Waals surface area (Å²) in [5.74, 6) is 1.45. The van der Waals surface area contributed by atoms with E-state index >= 15 is 0 Å². The van der Waals surface area contributed by atoms with Gasteiger partial charge in [0.05, 0.1) is 11.0 Å². The molecule has 4 nitrogen and oxygen atoms in total. The van der Waals surface area contributed by atoms with E-state index in [1.165, 1.54) is 32.1 Å². The number of rotatable bonds is 3. The van der Waals surface area contributed by atoms with Crippen LogP contribution >= 0.6 is 0 Å². The number of nitrogens with two attached hydrogens (primary N) is 1. The third-order valence-electron chi connectivity index (χ3n) is 4.84. The van der Waals surface area contributed by atoms with E-state index < -0.39 is 6.10 Å². The van der Waals surface area contributed by atoms with Gasteiger partial charge in [0, 0.05) is 11.7 Å². The molecule has 0 bridgehead atoms. The first-order valence-corrected chi connectivity index (χ1v) is 8.07. The molecule has 1 heterocycles. The molecule has 1 aliphatic rings. The summed E-state index contributed by atoms with van der Waals surface area (Å²) < 4.78 is 2.28. The Morgan fingerprint density at radius 2 is 2.14 bits per heavy atom. The first-order valence-electron chi connectivity index (χ1n) is 8.07. The molecule has 0 amide bonds. The van der Waals surface area contributed by atoms with Gasteiger partial charge >= 0.3 is 0 Å². The van der Waals surface area contributed by atoms with Gasteiger partial charge < -0.3 is 15.4 Å². The fourth-order valence-electron chi connectivity index (χ4n) is 3.78. The summed E-state index contributed by atoms with van der Waals surface area (Å²) >= 11 is 0. The predicted molar refractivity (Wildman–Crippen MR) is 86.1 cm³/mol. The van der Waals surface area contributed by atoms with E-state index in [9.17, 15) is 5.11 Å². The molecule has 3 unspecified atom stereocenters. The van der Waals surface area contributed by atoms with E-state index in [1.54, 1.807) is 6.92 Å². The topological polar surface area (TPSA) is 64.1 Å². The Kier molecular flexibility index (Phi) is 3.89. The maximum atomic E-state index is 10.1. The summed E-state index contributed by atoms with van der Waals surface area (Å²) in [6, 6.07) is 6.32. The summed E-state index contributed by atoms with van der Waals surface area (Å²) in [4.78, 5) is 4.65. The van der Waals surface area contributed by atoms with Gasteiger partial charge in [0.2, 0.25) is 0 Å². The van der Waals surface area contributed by atoms with Crippen molar-refractivity contribution in [3.8, 4) is 0 Å². The van der Waals surface area contributed by atoms with Gasteiger partial charge in [-0.25, -0.2) is 4.98 Å². The van der Waals surface area contributed by atoms with Crippen molar-refractivity contribution >= 4 is 16.7 Å². The number of hydrogen-bond donors (Lipinski definition) is 2. The summed E-state index contributed by atoms with van der Waals surface area (Å²) in [5, 5.41) is 10.1. The molecule has 21 heavy (non-hydrogen) atoms. The van der Waals surface area contributed by atoms with E-state index in [0.29, 0.717) is 12.0 Å². The van der Waals surface area contributed by atoms with Crippen molar-refractivity contribution in [1.82, 2.24) is 9.55 Å². The molecule has 0 spiro atoms. The van der Waals surface area contributed by atoms with E-state index in [1.807, 2.05) is 18.2 Å². The summed E-state index contributed by atoms with van der Waals surface area (Å²) in [6.45, 7) is 4.06. The van der Waals surface area contributed by atoms with Crippen LogP contribution in [0.4, 0.5) is 5.69 Å². The number of anilines is 1. The second-order valence-electron chi connectivity index (χ2n) is 6.28. The molecule has 3 N–H and O–H groups in total. The highest BCUT2D eigenvalue weighted by Gasteiger charge is 2.29. The Labute approximate surface area is 126 Å². The lowest BCUT2D eigenvalue weighted by molar-refractivity contribution is 0.166. The van der Waals surface area contributed by atoms with Crippen LogP contribution in [0.15, 0.2) is 18.2 Å². The van der Waals surface area contributed by atoms with Crippen LogP contribution in [0.25, 0.3) is 11.0 Å². The Bertz CT molecular complexity index is 632. The summed E-state index contributed by atoms with van der Waals surface area (Å²) in [7, 11) is 0. The van der Waals surface area contributed by atoms with Crippen molar-refractivity contribution in [2.24, 2.45) is 5.92 Å². The second kappa shape index (κ2) is 5.68. The van der Waals surface area contributed by atoms with Gasteiger partial charge in [0.15, 0.2) is 0 Å². The van der Waals surface area contributed by atoms with Crippen molar-refractivity contribution in [2.45, 2.75) is 58.1 Å². The van der Waals surface area contributed by atoms with Crippen LogP contribution in [0.5, 0.6) is 0 Å². The van der Waals surface area contributed by atoms with E-state index in [4.69, 9.17) is 5.73 Å². The zero-order valence-electron chi connectivity index (χ0n) is 12.9. The number of aliphatic hydroxyl groups excluding tert-OH is 1. The lowest BCUT2D eigenvalue weighted by atomic mass is 9.82. The molecule has 1 aromatic carbocycles. The number of hydrogen-bond acceptors (Lipinski definition) is 3. The highest BCUT2D eigenvalue weighted by Crippen LogP contribution is 2.39. The zero-order chi connectivity index (χ0) is 15.0. The lowest BCUT2D eigenvalue weighted by Gasteiger charge is -2.33.